The van der Waals surface area contributed by atoms with Crippen molar-refractivity contribution in [2.45, 2.75) is 232 Å². The van der Waals surface area contributed by atoms with Crippen LogP contribution in [0.3, 0.4) is 0 Å². The van der Waals surface area contributed by atoms with Crippen molar-refractivity contribution in [2.75, 3.05) is 26.4 Å². The third-order valence-electron chi connectivity index (χ3n) is 14.2. The van der Waals surface area contributed by atoms with E-state index in [1.165, 1.54) is 20.8 Å². The van der Waals surface area contributed by atoms with Crippen molar-refractivity contribution in [1.29, 1.82) is 0 Å². The van der Waals surface area contributed by atoms with E-state index < -0.39 is 227 Å². The molecule has 6 aliphatic rings. The molecule has 6 rings (SSSR count). The highest BCUT2D eigenvalue weighted by molar-refractivity contribution is 5.73. The van der Waals surface area contributed by atoms with E-state index >= 15 is 0 Å². The first-order valence-corrected chi connectivity index (χ1v) is 24.5. The summed E-state index contributed by atoms with van der Waals surface area (Å²) in [6.45, 7) is 5.71. The first-order valence-electron chi connectivity index (χ1n) is 24.5. The van der Waals surface area contributed by atoms with Gasteiger partial charge in [0, 0.05) is 13.8 Å². The molecule has 6 saturated heterocycles. The zero-order chi connectivity index (χ0) is 55.9. The maximum atomic E-state index is 13.2. The van der Waals surface area contributed by atoms with E-state index in [2.05, 4.69) is 10.6 Å². The minimum atomic E-state index is -3.39. The molecule has 6 heterocycles. The molecule has 0 radical (unpaired) electrons. The molecule has 0 aromatic rings. The summed E-state index contributed by atoms with van der Waals surface area (Å²) in [5.41, 5.74) is -0.805. The minimum Gasteiger partial charge on any atom is -0.394 e. The van der Waals surface area contributed by atoms with Crippen molar-refractivity contribution in [2.24, 2.45) is 5.41 Å². The fourth-order valence-corrected chi connectivity index (χ4v) is 9.99. The van der Waals surface area contributed by atoms with Gasteiger partial charge in [-0.2, -0.15) is 0 Å². The molecule has 31 nitrogen and oxygen atoms in total. The van der Waals surface area contributed by atoms with Crippen molar-refractivity contribution in [1.82, 2.24) is 10.6 Å². The average Bonchev–Trinajstić information content (AvgIpc) is 3.34. The highest BCUT2D eigenvalue weighted by atomic mass is 16.8. The van der Waals surface area contributed by atoms with Crippen molar-refractivity contribution < 1.29 is 143 Å². The van der Waals surface area contributed by atoms with Gasteiger partial charge in [0.05, 0.1) is 50.8 Å². The van der Waals surface area contributed by atoms with Crippen LogP contribution in [0.5, 0.6) is 0 Å². The first kappa shape index (κ1) is 62.1. The molecular weight excluding hydrogens is 1020 g/mol. The number of hydrogen-bond acceptors (Lipinski definition) is 29. The van der Waals surface area contributed by atoms with Crippen LogP contribution < -0.4 is 10.6 Å². The second-order valence-corrected chi connectivity index (χ2v) is 20.8. The Labute approximate surface area is 429 Å². The number of hydrogen-bond donors (Lipinski definition) is 18. The van der Waals surface area contributed by atoms with Gasteiger partial charge in [0.25, 0.3) is 0 Å². The van der Waals surface area contributed by atoms with Crippen LogP contribution >= 0.6 is 0 Å². The number of nitrogens with one attached hydrogen (secondary N) is 2. The monoisotopic (exact) mass is 1100 g/mol. The summed E-state index contributed by atoms with van der Waals surface area (Å²) in [5.74, 6) is -4.98. The van der Waals surface area contributed by atoms with Crippen molar-refractivity contribution in [3.8, 4) is 0 Å². The Hall–Kier alpha value is -2.14. The average molecular weight is 1100 g/mol. The summed E-state index contributed by atoms with van der Waals surface area (Å²) in [6, 6.07) is -3.31. The predicted molar refractivity (Wildman–Crippen MR) is 238 cm³/mol. The van der Waals surface area contributed by atoms with Gasteiger partial charge in [0.15, 0.2) is 31.5 Å². The quantitative estimate of drug-likeness (QED) is 0.0638. The van der Waals surface area contributed by atoms with Crippen LogP contribution in [0.1, 0.15) is 48.5 Å². The van der Waals surface area contributed by atoms with Gasteiger partial charge in [0.2, 0.25) is 17.6 Å². The molecule has 0 aromatic carbocycles. The van der Waals surface area contributed by atoms with Crippen LogP contribution in [0.25, 0.3) is 0 Å². The Morgan fingerprint density at radius 3 is 1.41 bits per heavy atom. The molecule has 31 heteroatoms. The van der Waals surface area contributed by atoms with Crippen molar-refractivity contribution in [3.05, 3.63) is 0 Å². The van der Waals surface area contributed by atoms with E-state index in [0.29, 0.717) is 0 Å². The molecule has 6 aliphatic heterocycles. The van der Waals surface area contributed by atoms with E-state index in [9.17, 15) is 91.3 Å². The SMILES string of the molecule is CC(=O)NC1C(C(C)(C)C)OC(CO)[C@H](O)[C@@H]1O[C@@H]1OC(CO)[C@H](O)[C@H](O[C@@H]2OC(CO)[C@@](O)(OC3OC(CO)[C@H](O)C(O)[C@@H]3OC3OC(C)C(O)[C@H](O)C3O)[C@H](O[C@@H]3OC(C)[C@@H](O)[C@@H](O)C3O)C2NC(C)=O)C1O. The van der Waals surface area contributed by atoms with Gasteiger partial charge in [-0.15, -0.1) is 0 Å². The summed E-state index contributed by atoms with van der Waals surface area (Å²) >= 11 is 0. The Morgan fingerprint density at radius 2 is 0.907 bits per heavy atom. The fraction of sp³-hybridized carbons (Fsp3) is 0.955. The van der Waals surface area contributed by atoms with E-state index in [1.54, 1.807) is 20.8 Å². The minimum absolute atomic E-state index is 0.604. The van der Waals surface area contributed by atoms with Gasteiger partial charge in [0.1, 0.15) is 122 Å². The lowest BCUT2D eigenvalue weighted by Crippen LogP contribution is -2.76. The van der Waals surface area contributed by atoms with Crippen LogP contribution in [0.15, 0.2) is 0 Å². The van der Waals surface area contributed by atoms with E-state index in [1.807, 2.05) is 0 Å². The van der Waals surface area contributed by atoms with Gasteiger partial charge in [-0.25, -0.2) is 0 Å². The number of ether oxygens (including phenoxy) is 11. The van der Waals surface area contributed by atoms with E-state index in [4.69, 9.17) is 52.1 Å². The highest BCUT2D eigenvalue weighted by Crippen LogP contribution is 2.42. The zero-order valence-corrected chi connectivity index (χ0v) is 42.0. The zero-order valence-electron chi connectivity index (χ0n) is 42.0. The first-order chi connectivity index (χ1) is 35.0. The maximum Gasteiger partial charge on any atom is 0.226 e. The molecule has 75 heavy (non-hydrogen) atoms. The summed E-state index contributed by atoms with van der Waals surface area (Å²) < 4.78 is 65.1. The molecule has 16 unspecified atom stereocenters. The fourth-order valence-electron chi connectivity index (χ4n) is 9.99. The normalized spacial score (nSPS) is 50.0. The number of amides is 2. The highest BCUT2D eigenvalue weighted by Gasteiger charge is 2.65. The Bertz CT molecular complexity index is 1860. The van der Waals surface area contributed by atoms with Crippen LogP contribution in [0.4, 0.5) is 0 Å². The van der Waals surface area contributed by atoms with Crippen LogP contribution in [0.2, 0.25) is 0 Å². The van der Waals surface area contributed by atoms with Gasteiger partial charge >= 0.3 is 0 Å². The molecular formula is C44H76N2O29. The maximum absolute atomic E-state index is 13.2. The van der Waals surface area contributed by atoms with Gasteiger partial charge in [-0.05, 0) is 19.3 Å². The Balaban J connectivity index is 1.41. The van der Waals surface area contributed by atoms with E-state index in [0.717, 1.165) is 6.92 Å². The third kappa shape index (κ3) is 12.9. The number of aliphatic hydroxyl groups is 16. The third-order valence-corrected chi connectivity index (χ3v) is 14.2. The van der Waals surface area contributed by atoms with Crippen LogP contribution in [-0.2, 0) is 61.7 Å². The number of rotatable bonds is 16. The van der Waals surface area contributed by atoms with Gasteiger partial charge in [-0.3, -0.25) is 9.59 Å². The molecule has 2 amide bonds. The topological polar surface area (TPSA) is 483 Å². The van der Waals surface area contributed by atoms with Crippen LogP contribution in [0, 0.1) is 5.41 Å². The molecule has 0 aromatic heterocycles. The smallest absolute Gasteiger partial charge is 0.226 e. The van der Waals surface area contributed by atoms with Gasteiger partial charge < -0.3 is 144 Å². The molecule has 30 atom stereocenters. The summed E-state index contributed by atoms with van der Waals surface area (Å²) in [5, 5.41) is 182. The number of carbonyl (C=O) groups excluding carboxylic acids is 2. The predicted octanol–water partition coefficient (Wildman–Crippen LogP) is -10.3. The lowest BCUT2D eigenvalue weighted by atomic mass is 9.78. The molecule has 0 bridgehead atoms. The molecule has 0 saturated carbocycles. The summed E-state index contributed by atoms with van der Waals surface area (Å²) in [7, 11) is 0. The number of aliphatic hydroxyl groups excluding tert-OH is 15. The molecule has 436 valence electrons. The Kier molecular flexibility index (Phi) is 20.8. The lowest BCUT2D eigenvalue weighted by molar-refractivity contribution is -0.459. The van der Waals surface area contributed by atoms with Gasteiger partial charge in [-0.1, -0.05) is 20.8 Å². The largest absolute Gasteiger partial charge is 0.394 e. The number of carbonyl (C=O) groups is 2. The van der Waals surface area contributed by atoms with Crippen molar-refractivity contribution in [3.63, 3.8) is 0 Å². The Morgan fingerprint density at radius 1 is 0.467 bits per heavy atom. The second kappa shape index (κ2) is 25.1. The van der Waals surface area contributed by atoms with E-state index in [-0.39, 0.29) is 0 Å². The molecule has 6 fully saturated rings. The molecule has 18 N–H and O–H groups in total. The summed E-state index contributed by atoms with van der Waals surface area (Å²) in [4.78, 5) is 25.8. The molecule has 0 spiro atoms. The molecule has 0 aliphatic carbocycles. The van der Waals surface area contributed by atoms with Crippen molar-refractivity contribution >= 4 is 11.8 Å². The second-order valence-electron chi connectivity index (χ2n) is 20.8. The summed E-state index contributed by atoms with van der Waals surface area (Å²) in [6.07, 6.45) is -51.2. The lowest BCUT2D eigenvalue weighted by Gasteiger charge is -2.55. The standard InChI is InChI=1S/C44H76N2O29/c1-12-22(53)27(58)30(61)39(65-12)73-35-29(60)24(55)16(8-47)69-42(35)75-44(64)19(11-50)70-38(21(46-15(4)52)37(44)74-40-31(62)28(59)23(54)13(2)66-40)72-34-26(57)18(10-49)68-41(32(34)63)71-33-20(45-14(3)51)36(43(5,6)7)67-17(9-48)25(33)56/h12-13,16-42,47-50,53-64H,8-11H2,1-7H3,(H,45,51)(H,46,52)/t12?,13?,16?,17?,18?,19?,20?,21?,22?,23-,24+,25+,26+,27+,28-,29?,30?,31?,32?,33-,34+,35+,36?,37-,38+,39?,40+,41+,42?,44-/m1/s1. The van der Waals surface area contributed by atoms with Crippen LogP contribution in [-0.4, -0.2) is 304 Å².